The van der Waals surface area contributed by atoms with E-state index >= 15 is 0 Å². The molecule has 1 N–H and O–H groups in total. The van der Waals surface area contributed by atoms with Crippen molar-refractivity contribution in [2.75, 3.05) is 44.6 Å². The van der Waals surface area contributed by atoms with Crippen molar-refractivity contribution in [1.82, 2.24) is 9.88 Å². The van der Waals surface area contributed by atoms with E-state index in [4.69, 9.17) is 9.47 Å². The summed E-state index contributed by atoms with van der Waals surface area (Å²) in [5, 5.41) is 2.85. The first-order valence-electron chi connectivity index (χ1n) is 8.48. The van der Waals surface area contributed by atoms with Crippen molar-refractivity contribution < 1.29 is 19.1 Å². The lowest BCUT2D eigenvalue weighted by Gasteiger charge is -2.28. The Kier molecular flexibility index (Phi) is 5.56. The Morgan fingerprint density at radius 3 is 2.93 bits per heavy atom. The zero-order valence-electron chi connectivity index (χ0n) is 15.5. The summed E-state index contributed by atoms with van der Waals surface area (Å²) in [4.78, 5) is 31.8. The zero-order valence-corrected chi connectivity index (χ0v) is 15.5. The van der Waals surface area contributed by atoms with Crippen LogP contribution in [0.1, 0.15) is 11.7 Å². The van der Waals surface area contributed by atoms with E-state index in [1.807, 2.05) is 18.2 Å². The number of pyridine rings is 1. The van der Waals surface area contributed by atoms with Crippen molar-refractivity contribution in [2.24, 2.45) is 0 Å². The fourth-order valence-corrected chi connectivity index (χ4v) is 2.83. The second-order valence-corrected chi connectivity index (χ2v) is 6.19. The zero-order chi connectivity index (χ0) is 19.4. The van der Waals surface area contributed by atoms with Gasteiger partial charge in [-0.3, -0.25) is 9.78 Å². The van der Waals surface area contributed by atoms with Gasteiger partial charge in [-0.1, -0.05) is 6.07 Å². The van der Waals surface area contributed by atoms with Crippen LogP contribution in [-0.2, 0) is 9.53 Å². The van der Waals surface area contributed by atoms with Crippen LogP contribution in [0, 0.1) is 0 Å². The SMILES string of the molecule is COC[C@H](c1ccccn1)N(C)C(=O)Nc1ccc2c(c1)OCC(=O)N2C. The number of carbonyl (C=O) groups excluding carboxylic acids is 2. The molecule has 1 aromatic heterocycles. The molecule has 1 atom stereocenters. The summed E-state index contributed by atoms with van der Waals surface area (Å²) in [6.45, 7) is 0.303. The number of aromatic nitrogens is 1. The summed E-state index contributed by atoms with van der Waals surface area (Å²) in [6.07, 6.45) is 1.68. The van der Waals surface area contributed by atoms with Crippen molar-refractivity contribution in [3.8, 4) is 5.75 Å². The highest BCUT2D eigenvalue weighted by atomic mass is 16.5. The van der Waals surface area contributed by atoms with E-state index in [2.05, 4.69) is 10.3 Å². The topological polar surface area (TPSA) is 84.0 Å². The van der Waals surface area contributed by atoms with Crippen LogP contribution in [0.2, 0.25) is 0 Å². The minimum atomic E-state index is -0.325. The molecule has 0 saturated carbocycles. The molecular weight excluding hydrogens is 348 g/mol. The minimum Gasteiger partial charge on any atom is -0.481 e. The maximum absolute atomic E-state index is 12.7. The molecule has 0 spiro atoms. The van der Waals surface area contributed by atoms with E-state index < -0.39 is 0 Å². The maximum Gasteiger partial charge on any atom is 0.322 e. The third-order valence-corrected chi connectivity index (χ3v) is 4.44. The van der Waals surface area contributed by atoms with Crippen LogP contribution in [0.4, 0.5) is 16.2 Å². The first-order chi connectivity index (χ1) is 13.0. The van der Waals surface area contributed by atoms with Crippen LogP contribution < -0.4 is 15.0 Å². The number of ether oxygens (including phenoxy) is 2. The van der Waals surface area contributed by atoms with Gasteiger partial charge in [0.25, 0.3) is 5.91 Å². The van der Waals surface area contributed by atoms with Gasteiger partial charge in [0, 0.05) is 39.2 Å². The number of fused-ring (bicyclic) bond motifs is 1. The molecule has 2 heterocycles. The monoisotopic (exact) mass is 370 g/mol. The molecule has 0 bridgehead atoms. The highest BCUT2D eigenvalue weighted by Gasteiger charge is 2.25. The summed E-state index contributed by atoms with van der Waals surface area (Å²) in [6, 6.07) is 10.1. The number of hydrogen-bond acceptors (Lipinski definition) is 5. The third kappa shape index (κ3) is 4.01. The van der Waals surface area contributed by atoms with Crippen molar-refractivity contribution in [3.05, 3.63) is 48.3 Å². The van der Waals surface area contributed by atoms with Crippen molar-refractivity contribution in [2.45, 2.75) is 6.04 Å². The Balaban J connectivity index is 1.75. The average Bonchev–Trinajstić information content (AvgIpc) is 2.69. The average molecular weight is 370 g/mol. The van der Waals surface area contributed by atoms with E-state index in [0.29, 0.717) is 23.7 Å². The number of hydrogen-bond donors (Lipinski definition) is 1. The molecule has 0 fully saturated rings. The Labute approximate surface area is 157 Å². The second kappa shape index (κ2) is 8.05. The molecule has 1 aliphatic heterocycles. The number of carbonyl (C=O) groups is 2. The van der Waals surface area contributed by atoms with Crippen molar-refractivity contribution >= 4 is 23.3 Å². The lowest BCUT2D eigenvalue weighted by Crippen LogP contribution is -2.37. The smallest absolute Gasteiger partial charge is 0.322 e. The van der Waals surface area contributed by atoms with Crippen LogP contribution in [0.5, 0.6) is 5.75 Å². The standard InChI is InChI=1S/C19H22N4O4/c1-22-15-8-7-13(10-17(15)27-12-18(22)24)21-19(25)23(2)16(11-26-3)14-6-4-5-9-20-14/h4-10,16H,11-12H2,1-3H3,(H,21,25)/t16-/m1/s1. The van der Waals surface area contributed by atoms with Crippen molar-refractivity contribution in [3.63, 3.8) is 0 Å². The molecule has 3 amide bonds. The number of rotatable bonds is 5. The number of amides is 3. The van der Waals surface area contributed by atoms with Crippen LogP contribution in [0.15, 0.2) is 42.6 Å². The van der Waals surface area contributed by atoms with Gasteiger partial charge in [0.05, 0.1) is 24.0 Å². The summed E-state index contributed by atoms with van der Waals surface area (Å²) < 4.78 is 10.7. The molecule has 8 nitrogen and oxygen atoms in total. The molecule has 0 radical (unpaired) electrons. The molecule has 3 rings (SSSR count). The van der Waals surface area contributed by atoms with Gasteiger partial charge in [-0.25, -0.2) is 4.79 Å². The predicted octanol–water partition coefficient (Wildman–Crippen LogP) is 2.29. The Bertz CT molecular complexity index is 828. The van der Waals surface area contributed by atoms with Gasteiger partial charge < -0.3 is 24.6 Å². The normalized spacial score (nSPS) is 14.2. The highest BCUT2D eigenvalue weighted by molar-refractivity contribution is 5.98. The van der Waals surface area contributed by atoms with Gasteiger partial charge in [0.1, 0.15) is 5.75 Å². The second-order valence-electron chi connectivity index (χ2n) is 6.19. The van der Waals surface area contributed by atoms with E-state index in [1.165, 1.54) is 4.90 Å². The number of nitrogens with one attached hydrogen (secondary N) is 1. The lowest BCUT2D eigenvalue weighted by molar-refractivity contribution is -0.120. The number of methoxy groups -OCH3 is 1. The van der Waals surface area contributed by atoms with Crippen LogP contribution in [0.3, 0.4) is 0 Å². The van der Waals surface area contributed by atoms with Gasteiger partial charge in [-0.15, -0.1) is 0 Å². The molecule has 1 aliphatic rings. The number of anilines is 2. The number of benzene rings is 1. The van der Waals surface area contributed by atoms with Gasteiger partial charge in [0.2, 0.25) is 0 Å². The van der Waals surface area contributed by atoms with Crippen LogP contribution in [0.25, 0.3) is 0 Å². The lowest BCUT2D eigenvalue weighted by atomic mass is 10.2. The first kappa shape index (κ1) is 18.7. The first-order valence-corrected chi connectivity index (χ1v) is 8.48. The van der Waals surface area contributed by atoms with E-state index in [-0.39, 0.29) is 24.6 Å². The number of nitrogens with zero attached hydrogens (tertiary/aromatic N) is 3. The van der Waals surface area contributed by atoms with Gasteiger partial charge in [-0.05, 0) is 24.3 Å². The fraction of sp³-hybridized carbons (Fsp3) is 0.316. The fourth-order valence-electron chi connectivity index (χ4n) is 2.83. The van der Waals surface area contributed by atoms with E-state index in [9.17, 15) is 9.59 Å². The van der Waals surface area contributed by atoms with Gasteiger partial charge >= 0.3 is 6.03 Å². The Morgan fingerprint density at radius 1 is 1.41 bits per heavy atom. The van der Waals surface area contributed by atoms with Crippen molar-refractivity contribution in [1.29, 1.82) is 0 Å². The molecular formula is C19H22N4O4. The molecule has 0 saturated heterocycles. The maximum atomic E-state index is 12.7. The minimum absolute atomic E-state index is 0.0175. The van der Waals surface area contributed by atoms with Crippen LogP contribution >= 0.6 is 0 Å². The van der Waals surface area contributed by atoms with Gasteiger partial charge in [0.15, 0.2) is 6.61 Å². The quantitative estimate of drug-likeness (QED) is 0.873. The molecule has 142 valence electrons. The molecule has 0 aliphatic carbocycles. The number of likely N-dealkylation sites (N-methyl/N-ethyl adjacent to an activating group) is 2. The third-order valence-electron chi connectivity index (χ3n) is 4.44. The summed E-state index contributed by atoms with van der Waals surface area (Å²) >= 11 is 0. The Hall–Kier alpha value is -3.13. The largest absolute Gasteiger partial charge is 0.481 e. The Morgan fingerprint density at radius 2 is 2.22 bits per heavy atom. The summed E-state index contributed by atoms with van der Waals surface area (Å²) in [5.74, 6) is 0.438. The van der Waals surface area contributed by atoms with E-state index in [0.717, 1.165) is 5.69 Å². The molecule has 27 heavy (non-hydrogen) atoms. The van der Waals surface area contributed by atoms with E-state index in [1.54, 1.807) is 50.5 Å². The molecule has 8 heteroatoms. The van der Waals surface area contributed by atoms with Crippen LogP contribution in [-0.4, -0.2) is 56.2 Å². The highest BCUT2D eigenvalue weighted by Crippen LogP contribution is 2.33. The summed E-state index contributed by atoms with van der Waals surface area (Å²) in [7, 11) is 4.97. The number of urea groups is 1. The summed E-state index contributed by atoms with van der Waals surface area (Å²) in [5.41, 5.74) is 1.99. The molecule has 0 unspecified atom stereocenters. The predicted molar refractivity (Wildman–Crippen MR) is 101 cm³/mol. The molecule has 1 aromatic carbocycles. The molecule has 2 aromatic rings. The van der Waals surface area contributed by atoms with Gasteiger partial charge in [-0.2, -0.15) is 0 Å².